The first-order valence-corrected chi connectivity index (χ1v) is 9.18. The van der Waals surface area contributed by atoms with Crippen molar-refractivity contribution in [3.8, 4) is 0 Å². The molecule has 0 aliphatic carbocycles. The van der Waals surface area contributed by atoms with Crippen LogP contribution in [-0.4, -0.2) is 29.8 Å². The van der Waals surface area contributed by atoms with Crippen LogP contribution in [0.15, 0.2) is 41.1 Å². The van der Waals surface area contributed by atoms with E-state index in [2.05, 4.69) is 24.4 Å². The highest BCUT2D eigenvalue weighted by atomic mass is 32.1. The van der Waals surface area contributed by atoms with E-state index in [1.165, 1.54) is 22.5 Å². The van der Waals surface area contributed by atoms with Crippen LogP contribution in [0.1, 0.15) is 41.3 Å². The maximum atomic E-state index is 12.4. The third-order valence-corrected chi connectivity index (χ3v) is 4.68. The van der Waals surface area contributed by atoms with Crippen LogP contribution in [-0.2, 0) is 11.3 Å². The lowest BCUT2D eigenvalue weighted by Crippen LogP contribution is -2.31. The third-order valence-electron chi connectivity index (χ3n) is 3.99. The van der Waals surface area contributed by atoms with Crippen molar-refractivity contribution in [1.82, 2.24) is 10.2 Å². The van der Waals surface area contributed by atoms with Crippen molar-refractivity contribution in [2.45, 2.75) is 33.2 Å². The zero-order chi connectivity index (χ0) is 17.4. The summed E-state index contributed by atoms with van der Waals surface area (Å²) < 4.78 is 0. The molecular formula is C19H24N2O2S. The van der Waals surface area contributed by atoms with Crippen molar-refractivity contribution in [2.24, 2.45) is 0 Å². The SMILES string of the molecule is CCN(Cc1ccccc1C)C(=O)CCCNC(=O)c1ccsc1. The van der Waals surface area contributed by atoms with E-state index < -0.39 is 0 Å². The number of hydrogen-bond acceptors (Lipinski definition) is 3. The van der Waals surface area contributed by atoms with Crippen molar-refractivity contribution in [1.29, 1.82) is 0 Å². The van der Waals surface area contributed by atoms with Gasteiger partial charge in [0.15, 0.2) is 0 Å². The summed E-state index contributed by atoms with van der Waals surface area (Å²) in [7, 11) is 0. The minimum absolute atomic E-state index is 0.0732. The van der Waals surface area contributed by atoms with Gasteiger partial charge in [0.05, 0.1) is 0 Å². The molecule has 2 aromatic rings. The Bertz CT molecular complexity index is 668. The molecule has 1 aromatic heterocycles. The summed E-state index contributed by atoms with van der Waals surface area (Å²) in [6.45, 7) is 5.90. The van der Waals surface area contributed by atoms with Crippen LogP contribution in [0, 0.1) is 6.92 Å². The van der Waals surface area contributed by atoms with Gasteiger partial charge in [0.1, 0.15) is 0 Å². The van der Waals surface area contributed by atoms with E-state index in [0.717, 1.165) is 0 Å². The van der Waals surface area contributed by atoms with Crippen molar-refractivity contribution < 1.29 is 9.59 Å². The summed E-state index contributed by atoms with van der Waals surface area (Å²) in [5.41, 5.74) is 3.06. The van der Waals surface area contributed by atoms with Crippen molar-refractivity contribution in [2.75, 3.05) is 13.1 Å². The normalized spacial score (nSPS) is 10.4. The van der Waals surface area contributed by atoms with Crippen LogP contribution in [0.5, 0.6) is 0 Å². The Morgan fingerprint density at radius 2 is 2.00 bits per heavy atom. The molecule has 4 nitrogen and oxygen atoms in total. The van der Waals surface area contributed by atoms with Crippen LogP contribution in [0.4, 0.5) is 0 Å². The second kappa shape index (κ2) is 9.23. The molecule has 0 unspecified atom stereocenters. The molecule has 0 spiro atoms. The van der Waals surface area contributed by atoms with Gasteiger partial charge in [-0.2, -0.15) is 11.3 Å². The molecule has 0 bridgehead atoms. The highest BCUT2D eigenvalue weighted by Gasteiger charge is 2.13. The average molecular weight is 344 g/mol. The van der Waals surface area contributed by atoms with Gasteiger partial charge in [0.2, 0.25) is 5.91 Å². The van der Waals surface area contributed by atoms with Gasteiger partial charge >= 0.3 is 0 Å². The topological polar surface area (TPSA) is 49.4 Å². The number of amides is 2. The number of carbonyl (C=O) groups excluding carboxylic acids is 2. The minimum atomic E-state index is -0.0732. The van der Waals surface area contributed by atoms with Crippen molar-refractivity contribution in [3.05, 3.63) is 57.8 Å². The number of benzene rings is 1. The monoisotopic (exact) mass is 344 g/mol. The zero-order valence-corrected chi connectivity index (χ0v) is 15.1. The molecule has 1 heterocycles. The average Bonchev–Trinajstić information content (AvgIpc) is 3.12. The standard InChI is InChI=1S/C19H24N2O2S/c1-3-21(13-16-8-5-4-7-15(16)2)18(22)9-6-11-20-19(23)17-10-12-24-14-17/h4-5,7-8,10,12,14H,3,6,9,11,13H2,1-2H3,(H,20,23). The third kappa shape index (κ3) is 5.20. The van der Waals surface area contributed by atoms with Crippen LogP contribution in [0.25, 0.3) is 0 Å². The molecule has 0 aliphatic heterocycles. The van der Waals surface area contributed by atoms with Crippen LogP contribution in [0.3, 0.4) is 0 Å². The summed E-state index contributed by atoms with van der Waals surface area (Å²) in [5.74, 6) is 0.0569. The van der Waals surface area contributed by atoms with Gasteiger partial charge in [-0.25, -0.2) is 0 Å². The molecule has 0 fully saturated rings. The maximum Gasteiger partial charge on any atom is 0.252 e. The molecule has 128 valence electrons. The van der Waals surface area contributed by atoms with Gasteiger partial charge in [-0.1, -0.05) is 24.3 Å². The Kier molecular flexibility index (Phi) is 7.00. The molecule has 2 amide bonds. The van der Waals surface area contributed by atoms with E-state index >= 15 is 0 Å². The summed E-state index contributed by atoms with van der Waals surface area (Å²) in [6, 6.07) is 9.93. The van der Waals surface area contributed by atoms with Gasteiger partial charge in [-0.15, -0.1) is 0 Å². The predicted octanol–water partition coefficient (Wildman–Crippen LogP) is 3.62. The number of hydrogen-bond donors (Lipinski definition) is 1. The molecule has 2 rings (SSSR count). The first-order chi connectivity index (χ1) is 11.6. The Balaban J connectivity index is 1.76. The first kappa shape index (κ1) is 18.2. The number of nitrogens with zero attached hydrogens (tertiary/aromatic N) is 1. The molecule has 0 atom stereocenters. The van der Waals surface area contributed by atoms with Crippen LogP contribution < -0.4 is 5.32 Å². The van der Waals surface area contributed by atoms with E-state index in [1.807, 2.05) is 34.7 Å². The lowest BCUT2D eigenvalue weighted by atomic mass is 10.1. The fourth-order valence-electron chi connectivity index (χ4n) is 2.46. The van der Waals surface area contributed by atoms with Crippen LogP contribution in [0.2, 0.25) is 0 Å². The Hall–Kier alpha value is -2.14. The molecule has 0 aliphatic rings. The fourth-order valence-corrected chi connectivity index (χ4v) is 3.10. The quantitative estimate of drug-likeness (QED) is 0.744. The minimum Gasteiger partial charge on any atom is -0.352 e. The van der Waals surface area contributed by atoms with Crippen molar-refractivity contribution in [3.63, 3.8) is 0 Å². The number of nitrogens with one attached hydrogen (secondary N) is 1. The smallest absolute Gasteiger partial charge is 0.252 e. The first-order valence-electron chi connectivity index (χ1n) is 8.24. The molecule has 0 saturated carbocycles. The lowest BCUT2D eigenvalue weighted by molar-refractivity contribution is -0.131. The molecule has 1 N–H and O–H groups in total. The van der Waals surface area contributed by atoms with Crippen LogP contribution >= 0.6 is 11.3 Å². The van der Waals surface area contributed by atoms with Gasteiger partial charge in [0.25, 0.3) is 5.91 Å². The summed E-state index contributed by atoms with van der Waals surface area (Å²) in [5, 5.41) is 6.55. The molecule has 0 saturated heterocycles. The number of thiophene rings is 1. The van der Waals surface area contributed by atoms with E-state index in [4.69, 9.17) is 0 Å². The summed E-state index contributed by atoms with van der Waals surface area (Å²) in [4.78, 5) is 26.1. The lowest BCUT2D eigenvalue weighted by Gasteiger charge is -2.22. The van der Waals surface area contributed by atoms with E-state index in [0.29, 0.717) is 38.0 Å². The molecule has 5 heteroatoms. The molecule has 24 heavy (non-hydrogen) atoms. The Morgan fingerprint density at radius 3 is 2.67 bits per heavy atom. The summed E-state index contributed by atoms with van der Waals surface area (Å²) in [6.07, 6.45) is 1.10. The Morgan fingerprint density at radius 1 is 1.21 bits per heavy atom. The van der Waals surface area contributed by atoms with E-state index in [-0.39, 0.29) is 11.8 Å². The highest BCUT2D eigenvalue weighted by Crippen LogP contribution is 2.12. The van der Waals surface area contributed by atoms with Crippen molar-refractivity contribution >= 4 is 23.2 Å². The molecule has 1 aromatic carbocycles. The predicted molar refractivity (Wildman–Crippen MR) is 98.2 cm³/mol. The second-order valence-electron chi connectivity index (χ2n) is 5.71. The fraction of sp³-hybridized carbons (Fsp3) is 0.368. The molecule has 0 radical (unpaired) electrons. The van der Waals surface area contributed by atoms with E-state index in [9.17, 15) is 9.59 Å². The van der Waals surface area contributed by atoms with Gasteiger partial charge in [0, 0.05) is 37.0 Å². The highest BCUT2D eigenvalue weighted by molar-refractivity contribution is 7.08. The largest absolute Gasteiger partial charge is 0.352 e. The van der Waals surface area contributed by atoms with Gasteiger partial charge in [-0.05, 0) is 42.8 Å². The number of rotatable bonds is 8. The number of aryl methyl sites for hydroxylation is 1. The van der Waals surface area contributed by atoms with Gasteiger partial charge in [-0.3, -0.25) is 9.59 Å². The second-order valence-corrected chi connectivity index (χ2v) is 6.49. The zero-order valence-electron chi connectivity index (χ0n) is 14.2. The summed E-state index contributed by atoms with van der Waals surface area (Å²) >= 11 is 1.50. The van der Waals surface area contributed by atoms with E-state index in [1.54, 1.807) is 6.07 Å². The van der Waals surface area contributed by atoms with Gasteiger partial charge < -0.3 is 10.2 Å². The maximum absolute atomic E-state index is 12.4. The number of carbonyl (C=O) groups is 2. The molecular weight excluding hydrogens is 320 g/mol. The Labute approximate surface area is 147 Å².